The number of hydrogen-bond donors (Lipinski definition) is 1. The van der Waals surface area contributed by atoms with Crippen LogP contribution in [0.3, 0.4) is 0 Å². The second-order valence-electron chi connectivity index (χ2n) is 4.40. The first kappa shape index (κ1) is 15.5. The molecule has 21 heavy (non-hydrogen) atoms. The minimum absolute atomic E-state index is 0.120. The lowest BCUT2D eigenvalue weighted by Crippen LogP contribution is -2.26. The molecule has 0 aliphatic carbocycles. The largest absolute Gasteiger partial charge is 0.383 e. The molecule has 0 atom stereocenters. The number of methoxy groups -OCH3 is 1. The predicted molar refractivity (Wildman–Crippen MR) is 78.6 cm³/mol. The molecule has 0 amide bonds. The van der Waals surface area contributed by atoms with E-state index in [4.69, 9.17) is 16.3 Å². The van der Waals surface area contributed by atoms with Gasteiger partial charge >= 0.3 is 0 Å². The number of anilines is 1. The third-order valence-corrected chi connectivity index (χ3v) is 3.17. The quantitative estimate of drug-likeness (QED) is 0.792. The number of halogens is 1. The molecule has 9 heteroatoms. The lowest BCUT2D eigenvalue weighted by molar-refractivity contribution is 0.182. The van der Waals surface area contributed by atoms with Crippen LogP contribution in [-0.4, -0.2) is 44.8 Å². The molecule has 8 nitrogen and oxygen atoms in total. The van der Waals surface area contributed by atoms with E-state index in [-0.39, 0.29) is 10.6 Å². The fourth-order valence-corrected chi connectivity index (χ4v) is 1.95. The Balaban J connectivity index is 1.97. The van der Waals surface area contributed by atoms with Gasteiger partial charge in [0, 0.05) is 27.1 Å². The van der Waals surface area contributed by atoms with E-state index < -0.39 is 0 Å². The number of aromatic nitrogens is 5. The number of nitrogens with one attached hydrogen (secondary N) is 1. The van der Waals surface area contributed by atoms with Crippen molar-refractivity contribution in [2.45, 2.75) is 13.0 Å². The lowest BCUT2D eigenvalue weighted by atomic mass is 10.3. The van der Waals surface area contributed by atoms with Crippen molar-refractivity contribution in [3.8, 4) is 0 Å². The molecule has 0 aliphatic heterocycles. The fourth-order valence-electron chi connectivity index (χ4n) is 1.73. The summed E-state index contributed by atoms with van der Waals surface area (Å²) in [6.07, 6.45) is 3.80. The Bertz CT molecular complexity index is 653. The van der Waals surface area contributed by atoms with E-state index in [0.29, 0.717) is 31.8 Å². The van der Waals surface area contributed by atoms with E-state index in [9.17, 15) is 4.79 Å². The molecule has 0 fully saturated rings. The van der Waals surface area contributed by atoms with Crippen molar-refractivity contribution in [2.24, 2.45) is 7.05 Å². The topological polar surface area (TPSA) is 86.9 Å². The number of nitrogens with zero attached hydrogens (tertiary/aromatic N) is 5. The molecule has 0 spiro atoms. The van der Waals surface area contributed by atoms with Crippen molar-refractivity contribution in [1.82, 2.24) is 24.5 Å². The van der Waals surface area contributed by atoms with Gasteiger partial charge in [-0.05, 0) is 0 Å². The summed E-state index contributed by atoms with van der Waals surface area (Å²) in [6, 6.07) is 0. The Hall–Kier alpha value is -1.93. The van der Waals surface area contributed by atoms with Crippen LogP contribution < -0.4 is 10.9 Å². The zero-order chi connectivity index (χ0) is 15.2. The van der Waals surface area contributed by atoms with Crippen LogP contribution in [0.2, 0.25) is 5.02 Å². The third kappa shape index (κ3) is 4.02. The highest BCUT2D eigenvalue weighted by atomic mass is 35.5. The zero-order valence-corrected chi connectivity index (χ0v) is 12.7. The van der Waals surface area contributed by atoms with Gasteiger partial charge in [-0.25, -0.2) is 9.67 Å². The average Bonchev–Trinajstić information content (AvgIpc) is 2.88. The SMILES string of the molecule is COCCn1ncc(NCCc2ncn(C)n2)c(Cl)c1=O. The number of rotatable bonds is 7. The van der Waals surface area contributed by atoms with Gasteiger partial charge < -0.3 is 10.1 Å². The van der Waals surface area contributed by atoms with Gasteiger partial charge in [-0.2, -0.15) is 10.2 Å². The molecule has 0 aromatic carbocycles. The summed E-state index contributed by atoms with van der Waals surface area (Å²) in [5, 5.41) is 11.4. The van der Waals surface area contributed by atoms with E-state index in [1.165, 1.54) is 10.9 Å². The van der Waals surface area contributed by atoms with Crippen LogP contribution in [0.5, 0.6) is 0 Å². The highest BCUT2D eigenvalue weighted by molar-refractivity contribution is 6.32. The van der Waals surface area contributed by atoms with Gasteiger partial charge in [0.1, 0.15) is 11.3 Å². The molecule has 2 aromatic heterocycles. The van der Waals surface area contributed by atoms with Crippen LogP contribution in [0.1, 0.15) is 5.82 Å². The van der Waals surface area contributed by atoms with Gasteiger partial charge in [-0.3, -0.25) is 9.48 Å². The van der Waals surface area contributed by atoms with E-state index in [2.05, 4.69) is 20.5 Å². The number of aryl methyl sites for hydroxylation is 1. The molecular formula is C12H17ClN6O2. The summed E-state index contributed by atoms with van der Waals surface area (Å²) < 4.78 is 7.83. The standard InChI is InChI=1S/C12H17ClN6O2/c1-18-8-15-10(17-18)3-4-14-9-7-16-19(5-6-21-2)12(20)11(9)13/h7-8,14H,3-6H2,1-2H3. The van der Waals surface area contributed by atoms with Crippen LogP contribution in [0.25, 0.3) is 0 Å². The Morgan fingerprint density at radius 1 is 1.48 bits per heavy atom. The van der Waals surface area contributed by atoms with Crippen molar-refractivity contribution in [2.75, 3.05) is 25.6 Å². The third-order valence-electron chi connectivity index (χ3n) is 2.80. The number of ether oxygens (including phenoxy) is 1. The highest BCUT2D eigenvalue weighted by Crippen LogP contribution is 2.14. The maximum Gasteiger partial charge on any atom is 0.287 e. The predicted octanol–water partition coefficient (Wildman–Crippen LogP) is 0.326. The minimum atomic E-state index is -0.338. The first-order valence-electron chi connectivity index (χ1n) is 6.44. The minimum Gasteiger partial charge on any atom is -0.383 e. The first-order chi connectivity index (χ1) is 10.1. The first-order valence-corrected chi connectivity index (χ1v) is 6.82. The Kier molecular flexibility index (Phi) is 5.29. The van der Waals surface area contributed by atoms with Crippen LogP contribution in [0, 0.1) is 0 Å². The summed E-state index contributed by atoms with van der Waals surface area (Å²) in [6.45, 7) is 1.33. The number of hydrogen-bond acceptors (Lipinski definition) is 6. The second-order valence-corrected chi connectivity index (χ2v) is 4.78. The normalized spacial score (nSPS) is 10.8. The summed E-state index contributed by atoms with van der Waals surface area (Å²) in [5.41, 5.74) is 0.168. The van der Waals surface area contributed by atoms with Gasteiger partial charge in [0.25, 0.3) is 5.56 Å². The van der Waals surface area contributed by atoms with Gasteiger partial charge in [-0.1, -0.05) is 11.6 Å². The molecular weight excluding hydrogens is 296 g/mol. The molecule has 2 rings (SSSR count). The van der Waals surface area contributed by atoms with Crippen molar-refractivity contribution in [3.63, 3.8) is 0 Å². The maximum absolute atomic E-state index is 12.0. The van der Waals surface area contributed by atoms with Crippen molar-refractivity contribution >= 4 is 17.3 Å². The molecule has 0 bridgehead atoms. The molecule has 0 aliphatic rings. The maximum atomic E-state index is 12.0. The second kappa shape index (κ2) is 7.19. The van der Waals surface area contributed by atoms with Crippen LogP contribution >= 0.6 is 11.6 Å². The van der Waals surface area contributed by atoms with Crippen molar-refractivity contribution in [3.05, 3.63) is 33.7 Å². The van der Waals surface area contributed by atoms with Gasteiger partial charge in [0.15, 0.2) is 5.82 Å². The summed E-state index contributed by atoms with van der Waals surface area (Å²) in [5.74, 6) is 0.725. The Labute approximate surface area is 126 Å². The Morgan fingerprint density at radius 2 is 2.29 bits per heavy atom. The van der Waals surface area contributed by atoms with Crippen LogP contribution in [0.4, 0.5) is 5.69 Å². The van der Waals surface area contributed by atoms with E-state index in [0.717, 1.165) is 5.82 Å². The van der Waals surface area contributed by atoms with Crippen molar-refractivity contribution < 1.29 is 4.74 Å². The average molecular weight is 313 g/mol. The summed E-state index contributed by atoms with van der Waals surface area (Å²) >= 11 is 6.05. The van der Waals surface area contributed by atoms with Gasteiger partial charge in [0.2, 0.25) is 0 Å². The monoisotopic (exact) mass is 312 g/mol. The molecule has 2 heterocycles. The molecule has 2 aromatic rings. The van der Waals surface area contributed by atoms with E-state index in [1.807, 2.05) is 7.05 Å². The zero-order valence-electron chi connectivity index (χ0n) is 11.9. The van der Waals surface area contributed by atoms with Crippen LogP contribution in [-0.2, 0) is 24.8 Å². The summed E-state index contributed by atoms with van der Waals surface area (Å²) in [4.78, 5) is 16.1. The molecule has 114 valence electrons. The smallest absolute Gasteiger partial charge is 0.287 e. The van der Waals surface area contributed by atoms with E-state index in [1.54, 1.807) is 18.1 Å². The van der Waals surface area contributed by atoms with Gasteiger partial charge in [-0.15, -0.1) is 0 Å². The molecule has 0 unspecified atom stereocenters. The molecule has 0 radical (unpaired) electrons. The molecule has 0 saturated carbocycles. The molecule has 0 saturated heterocycles. The summed E-state index contributed by atoms with van der Waals surface area (Å²) in [7, 11) is 3.37. The van der Waals surface area contributed by atoms with Crippen molar-refractivity contribution in [1.29, 1.82) is 0 Å². The lowest BCUT2D eigenvalue weighted by Gasteiger charge is -2.09. The van der Waals surface area contributed by atoms with E-state index >= 15 is 0 Å². The van der Waals surface area contributed by atoms with Crippen LogP contribution in [0.15, 0.2) is 17.3 Å². The van der Waals surface area contributed by atoms with Gasteiger partial charge in [0.05, 0.1) is 25.0 Å². The Morgan fingerprint density at radius 3 is 2.95 bits per heavy atom. The fraction of sp³-hybridized carbons (Fsp3) is 0.500. The molecule has 1 N–H and O–H groups in total. The highest BCUT2D eigenvalue weighted by Gasteiger charge is 2.09.